The smallest absolute Gasteiger partial charge is 0.315 e. The van der Waals surface area contributed by atoms with Crippen molar-refractivity contribution >= 4 is 16.9 Å². The maximum Gasteiger partial charge on any atom is 0.315 e. The van der Waals surface area contributed by atoms with Crippen LogP contribution in [-0.4, -0.2) is 28.3 Å². The van der Waals surface area contributed by atoms with Gasteiger partial charge in [-0.15, -0.1) is 0 Å². The third kappa shape index (κ3) is 4.32. The van der Waals surface area contributed by atoms with Crippen molar-refractivity contribution in [1.29, 1.82) is 0 Å². The van der Waals surface area contributed by atoms with Gasteiger partial charge in [-0.2, -0.15) is 0 Å². The average molecular weight is 317 g/mol. The lowest BCUT2D eigenvalue weighted by atomic mass is 9.95. The summed E-state index contributed by atoms with van der Waals surface area (Å²) in [6.07, 6.45) is 1.21. The molecule has 0 saturated carbocycles. The van der Waals surface area contributed by atoms with Gasteiger partial charge in [0.1, 0.15) is 0 Å². The molecule has 124 valence electrons. The summed E-state index contributed by atoms with van der Waals surface area (Å²) in [7, 11) is 0. The number of nitrogens with one attached hydrogen (secondary N) is 3. The van der Waals surface area contributed by atoms with E-state index in [9.17, 15) is 9.59 Å². The number of aromatic nitrogens is 1. The highest BCUT2D eigenvalue weighted by Crippen LogP contribution is 2.15. The molecular weight excluding hydrogens is 294 g/mol. The Hall–Kier alpha value is -2.34. The van der Waals surface area contributed by atoms with E-state index in [0.29, 0.717) is 6.42 Å². The van der Waals surface area contributed by atoms with Gasteiger partial charge < -0.3 is 20.7 Å². The first-order valence-corrected chi connectivity index (χ1v) is 7.75. The average Bonchev–Trinajstić information content (AvgIpc) is 2.52. The lowest BCUT2D eigenvalue weighted by Crippen LogP contribution is -2.50. The number of hydrogen-bond acceptors (Lipinski definition) is 3. The number of carbonyl (C=O) groups is 1. The van der Waals surface area contributed by atoms with Crippen molar-refractivity contribution in [3.8, 4) is 0 Å². The number of urea groups is 1. The van der Waals surface area contributed by atoms with Gasteiger partial charge in [0.2, 0.25) is 5.56 Å². The number of pyridine rings is 1. The Balaban J connectivity index is 2.09. The first-order chi connectivity index (χ1) is 11.0. The summed E-state index contributed by atoms with van der Waals surface area (Å²) in [4.78, 5) is 26.6. The molecule has 2 amide bonds. The summed E-state index contributed by atoms with van der Waals surface area (Å²) in [5, 5.41) is 15.7. The van der Waals surface area contributed by atoms with Crippen LogP contribution >= 0.6 is 0 Å². The number of aliphatic hydroxyl groups excluding tert-OH is 1. The maximum absolute atomic E-state index is 12.1. The predicted octanol–water partition coefficient (Wildman–Crippen LogP) is 1.88. The Bertz CT molecular complexity index is 741. The second kappa shape index (κ2) is 7.28. The van der Waals surface area contributed by atoms with E-state index in [1.54, 1.807) is 0 Å². The number of benzene rings is 1. The van der Waals surface area contributed by atoms with E-state index in [4.69, 9.17) is 5.11 Å². The minimum absolute atomic E-state index is 0.0172. The number of rotatable bonds is 6. The van der Waals surface area contributed by atoms with E-state index >= 15 is 0 Å². The van der Waals surface area contributed by atoms with Crippen molar-refractivity contribution in [3.05, 3.63) is 46.2 Å². The van der Waals surface area contributed by atoms with Crippen molar-refractivity contribution in [1.82, 2.24) is 15.6 Å². The Morgan fingerprint density at radius 2 is 2.09 bits per heavy atom. The van der Waals surface area contributed by atoms with Gasteiger partial charge in [-0.25, -0.2) is 4.79 Å². The molecule has 0 bridgehead atoms. The molecule has 6 nitrogen and oxygen atoms in total. The van der Waals surface area contributed by atoms with Crippen molar-refractivity contribution in [2.24, 2.45) is 0 Å². The second-order valence-corrected chi connectivity index (χ2v) is 5.90. The van der Waals surface area contributed by atoms with Crippen molar-refractivity contribution in [3.63, 3.8) is 0 Å². The van der Waals surface area contributed by atoms with Gasteiger partial charge in [-0.05, 0) is 31.4 Å². The third-order valence-corrected chi connectivity index (χ3v) is 4.13. The van der Waals surface area contributed by atoms with Gasteiger partial charge in [-0.3, -0.25) is 4.79 Å². The summed E-state index contributed by atoms with van der Waals surface area (Å²) in [6, 6.07) is 8.66. The summed E-state index contributed by atoms with van der Waals surface area (Å²) in [5.41, 5.74) is 0.866. The Kier molecular flexibility index (Phi) is 5.39. The zero-order valence-electron chi connectivity index (χ0n) is 13.5. The van der Waals surface area contributed by atoms with E-state index in [1.807, 2.05) is 38.1 Å². The summed E-state index contributed by atoms with van der Waals surface area (Å²) in [6.45, 7) is 4.13. The summed E-state index contributed by atoms with van der Waals surface area (Å²) < 4.78 is 0. The molecule has 6 heteroatoms. The van der Waals surface area contributed by atoms with E-state index in [0.717, 1.165) is 22.9 Å². The zero-order chi connectivity index (χ0) is 16.9. The monoisotopic (exact) mass is 317 g/mol. The van der Waals surface area contributed by atoms with Gasteiger partial charge in [0, 0.05) is 35.7 Å². The van der Waals surface area contributed by atoms with E-state index in [2.05, 4.69) is 15.6 Å². The van der Waals surface area contributed by atoms with Crippen LogP contribution in [0.4, 0.5) is 4.79 Å². The molecule has 2 rings (SSSR count). The van der Waals surface area contributed by atoms with Crippen LogP contribution in [0.25, 0.3) is 10.9 Å². The number of aromatic amines is 1. The van der Waals surface area contributed by atoms with Gasteiger partial charge in [0.05, 0.1) is 0 Å². The molecule has 1 aromatic carbocycles. The molecule has 4 N–H and O–H groups in total. The molecular formula is C17H23N3O3. The molecule has 23 heavy (non-hydrogen) atoms. The lowest BCUT2D eigenvalue weighted by molar-refractivity contribution is 0.200. The number of amides is 2. The normalized spacial score (nSPS) is 13.5. The molecule has 1 unspecified atom stereocenters. The highest BCUT2D eigenvalue weighted by Gasteiger charge is 2.23. The molecule has 1 aromatic heterocycles. The second-order valence-electron chi connectivity index (χ2n) is 5.90. The Labute approximate surface area is 134 Å². The topological polar surface area (TPSA) is 94.2 Å². The molecule has 0 radical (unpaired) electrons. The van der Waals surface area contributed by atoms with Crippen LogP contribution in [0.3, 0.4) is 0 Å². The van der Waals surface area contributed by atoms with Crippen LogP contribution in [0, 0.1) is 0 Å². The van der Waals surface area contributed by atoms with Gasteiger partial charge in [-0.1, -0.05) is 25.1 Å². The standard InChI is InChI=1S/C17H23N3O3/c1-3-17(2,8-9-21)20-16(23)18-11-12-10-15(22)19-14-7-5-4-6-13(12)14/h4-7,10,21H,3,8-9,11H2,1-2H3,(H,19,22)(H2,18,20,23). The Morgan fingerprint density at radius 1 is 1.35 bits per heavy atom. The largest absolute Gasteiger partial charge is 0.396 e. The van der Waals surface area contributed by atoms with Crippen LogP contribution in [0.1, 0.15) is 32.3 Å². The van der Waals surface area contributed by atoms with E-state index in [-0.39, 0.29) is 24.7 Å². The van der Waals surface area contributed by atoms with Crippen LogP contribution in [0.2, 0.25) is 0 Å². The molecule has 0 aliphatic carbocycles. The molecule has 1 heterocycles. The van der Waals surface area contributed by atoms with Gasteiger partial charge in [0.25, 0.3) is 0 Å². The lowest BCUT2D eigenvalue weighted by Gasteiger charge is -2.29. The SMILES string of the molecule is CCC(C)(CCO)NC(=O)NCc1cc(=O)[nH]c2ccccc12. The van der Waals surface area contributed by atoms with Crippen molar-refractivity contribution < 1.29 is 9.90 Å². The number of hydrogen-bond donors (Lipinski definition) is 4. The predicted molar refractivity (Wildman–Crippen MR) is 90.3 cm³/mol. The van der Waals surface area contributed by atoms with Crippen LogP contribution in [0.5, 0.6) is 0 Å². The first-order valence-electron chi connectivity index (χ1n) is 7.75. The van der Waals surface area contributed by atoms with E-state index in [1.165, 1.54) is 6.07 Å². The fourth-order valence-electron chi connectivity index (χ4n) is 2.49. The molecule has 0 fully saturated rings. The molecule has 0 aliphatic heterocycles. The fraction of sp³-hybridized carbons (Fsp3) is 0.412. The highest BCUT2D eigenvalue weighted by atomic mass is 16.3. The minimum Gasteiger partial charge on any atom is -0.396 e. The zero-order valence-corrected chi connectivity index (χ0v) is 13.5. The van der Waals surface area contributed by atoms with Crippen LogP contribution in [-0.2, 0) is 6.54 Å². The van der Waals surface area contributed by atoms with Crippen molar-refractivity contribution in [2.75, 3.05) is 6.61 Å². The number of fused-ring (bicyclic) bond motifs is 1. The minimum atomic E-state index is -0.449. The fourth-order valence-corrected chi connectivity index (χ4v) is 2.49. The summed E-state index contributed by atoms with van der Waals surface area (Å²) >= 11 is 0. The third-order valence-electron chi connectivity index (χ3n) is 4.13. The van der Waals surface area contributed by atoms with Gasteiger partial charge >= 0.3 is 6.03 Å². The molecule has 0 saturated heterocycles. The number of H-pyrrole nitrogens is 1. The number of carbonyl (C=O) groups excluding carboxylic acids is 1. The van der Waals surface area contributed by atoms with Crippen molar-refractivity contribution in [2.45, 2.75) is 38.8 Å². The van der Waals surface area contributed by atoms with Crippen LogP contribution < -0.4 is 16.2 Å². The molecule has 2 aromatic rings. The number of aliphatic hydroxyl groups is 1. The van der Waals surface area contributed by atoms with E-state index < -0.39 is 5.54 Å². The molecule has 0 spiro atoms. The Morgan fingerprint density at radius 3 is 2.78 bits per heavy atom. The van der Waals surface area contributed by atoms with Gasteiger partial charge in [0.15, 0.2) is 0 Å². The molecule has 0 aliphatic rings. The van der Waals surface area contributed by atoms with Crippen LogP contribution in [0.15, 0.2) is 35.1 Å². The maximum atomic E-state index is 12.1. The summed E-state index contributed by atoms with van der Waals surface area (Å²) in [5.74, 6) is 0. The number of para-hydroxylation sites is 1. The quantitative estimate of drug-likeness (QED) is 0.655. The highest BCUT2D eigenvalue weighted by molar-refractivity contribution is 5.82. The first kappa shape index (κ1) is 17.0. The molecule has 1 atom stereocenters.